The lowest BCUT2D eigenvalue weighted by Crippen LogP contribution is -2.36. The lowest BCUT2D eigenvalue weighted by molar-refractivity contribution is 0.0775. The Hall–Kier alpha value is -0.300. The van der Waals surface area contributed by atoms with Gasteiger partial charge in [-0.1, -0.05) is 26.8 Å². The Kier molecular flexibility index (Phi) is 2.70. The lowest BCUT2D eigenvalue weighted by Gasteiger charge is -2.44. The summed E-state index contributed by atoms with van der Waals surface area (Å²) in [7, 11) is 0. The van der Waals surface area contributed by atoms with Crippen molar-refractivity contribution in [2.45, 2.75) is 53.1 Å². The molecule has 0 heterocycles. The van der Waals surface area contributed by atoms with Crippen LogP contribution in [0.3, 0.4) is 0 Å². The molecule has 0 aliphatic heterocycles. The van der Waals surface area contributed by atoms with Crippen LogP contribution < -0.4 is 0 Å². The number of hydrogen-bond acceptors (Lipinski definition) is 1. The first-order chi connectivity index (χ1) is 7.00. The second kappa shape index (κ2) is 3.62. The van der Waals surface area contributed by atoms with Gasteiger partial charge in [-0.15, -0.1) is 0 Å². The number of rotatable bonds is 0. The van der Waals surface area contributed by atoms with Crippen molar-refractivity contribution in [2.75, 3.05) is 0 Å². The topological polar surface area (TPSA) is 20.2 Å². The fraction of sp³-hybridized carbons (Fsp3) is 0.857. The standard InChI is InChI=1S/C14H24O/c1-5-11-13(15)8-12-10(3)9(2)6-7-14(11,12)4/h5,9-10,12-13,15H,6-8H2,1-4H3/b11-5-/t9?,10?,12?,13-,14?/m1/s1. The molecule has 0 saturated heterocycles. The van der Waals surface area contributed by atoms with E-state index in [2.05, 4.69) is 33.8 Å². The van der Waals surface area contributed by atoms with Gasteiger partial charge in [0.1, 0.15) is 0 Å². The third kappa shape index (κ3) is 1.47. The summed E-state index contributed by atoms with van der Waals surface area (Å²) in [4.78, 5) is 0. The maximum atomic E-state index is 10.1. The van der Waals surface area contributed by atoms with Crippen LogP contribution >= 0.6 is 0 Å². The predicted molar refractivity (Wildman–Crippen MR) is 63.5 cm³/mol. The van der Waals surface area contributed by atoms with Gasteiger partial charge in [0.2, 0.25) is 0 Å². The Morgan fingerprint density at radius 3 is 2.67 bits per heavy atom. The molecule has 2 rings (SSSR count). The molecule has 2 aliphatic rings. The minimum Gasteiger partial charge on any atom is -0.389 e. The molecule has 4 unspecified atom stereocenters. The molecule has 0 radical (unpaired) electrons. The SMILES string of the molecule is C/C=C1/[C@H](O)CC2C(C)C(C)CCC12C. The Labute approximate surface area is 93.6 Å². The van der Waals surface area contributed by atoms with Crippen LogP contribution in [0.4, 0.5) is 0 Å². The zero-order valence-corrected chi connectivity index (χ0v) is 10.5. The number of fused-ring (bicyclic) bond motifs is 1. The van der Waals surface area contributed by atoms with E-state index >= 15 is 0 Å². The Morgan fingerprint density at radius 1 is 1.40 bits per heavy atom. The summed E-state index contributed by atoms with van der Waals surface area (Å²) in [6.07, 6.45) is 5.56. The van der Waals surface area contributed by atoms with Crippen LogP contribution in [0.25, 0.3) is 0 Å². The van der Waals surface area contributed by atoms with Crippen molar-refractivity contribution in [1.82, 2.24) is 0 Å². The molecule has 0 aromatic heterocycles. The molecule has 0 bridgehead atoms. The second-order valence-electron chi connectivity index (χ2n) is 5.89. The molecule has 15 heavy (non-hydrogen) atoms. The highest BCUT2D eigenvalue weighted by Crippen LogP contribution is 2.58. The Balaban J connectivity index is 2.34. The number of allylic oxidation sites excluding steroid dienone is 1. The van der Waals surface area contributed by atoms with Crippen LogP contribution in [0.1, 0.15) is 47.0 Å². The molecular weight excluding hydrogens is 184 g/mol. The van der Waals surface area contributed by atoms with Crippen LogP contribution in [-0.2, 0) is 0 Å². The van der Waals surface area contributed by atoms with Gasteiger partial charge in [0.15, 0.2) is 0 Å². The highest BCUT2D eigenvalue weighted by Gasteiger charge is 2.52. The van der Waals surface area contributed by atoms with Gasteiger partial charge in [-0.2, -0.15) is 0 Å². The molecule has 1 nitrogen and oxygen atoms in total. The van der Waals surface area contributed by atoms with E-state index in [9.17, 15) is 5.11 Å². The molecule has 0 aromatic rings. The molecule has 1 heteroatoms. The Bertz CT molecular complexity index is 281. The van der Waals surface area contributed by atoms with Crippen molar-refractivity contribution < 1.29 is 5.11 Å². The summed E-state index contributed by atoms with van der Waals surface area (Å²) >= 11 is 0. The summed E-state index contributed by atoms with van der Waals surface area (Å²) in [5.41, 5.74) is 1.60. The highest BCUT2D eigenvalue weighted by atomic mass is 16.3. The van der Waals surface area contributed by atoms with E-state index < -0.39 is 0 Å². The normalized spacial score (nSPS) is 53.3. The van der Waals surface area contributed by atoms with Gasteiger partial charge in [-0.05, 0) is 54.9 Å². The largest absolute Gasteiger partial charge is 0.389 e. The molecule has 5 atom stereocenters. The summed E-state index contributed by atoms with van der Waals surface area (Å²) in [5, 5.41) is 10.1. The van der Waals surface area contributed by atoms with E-state index in [1.54, 1.807) is 0 Å². The first kappa shape index (κ1) is 11.2. The third-order valence-electron chi connectivity index (χ3n) is 5.28. The molecular formula is C14H24O. The number of hydrogen-bond donors (Lipinski definition) is 1. The lowest BCUT2D eigenvalue weighted by atomic mass is 9.60. The summed E-state index contributed by atoms with van der Waals surface area (Å²) in [6, 6.07) is 0. The molecule has 0 amide bonds. The zero-order chi connectivity index (χ0) is 11.2. The van der Waals surface area contributed by atoms with Crippen molar-refractivity contribution >= 4 is 0 Å². The third-order valence-corrected chi connectivity index (χ3v) is 5.28. The second-order valence-corrected chi connectivity index (χ2v) is 5.89. The van der Waals surface area contributed by atoms with Gasteiger partial charge >= 0.3 is 0 Å². The average Bonchev–Trinajstić information content (AvgIpc) is 2.45. The van der Waals surface area contributed by atoms with E-state index in [1.165, 1.54) is 18.4 Å². The highest BCUT2D eigenvalue weighted by molar-refractivity contribution is 5.26. The smallest absolute Gasteiger partial charge is 0.0758 e. The molecule has 86 valence electrons. The van der Waals surface area contributed by atoms with Crippen LogP contribution in [0, 0.1) is 23.2 Å². The van der Waals surface area contributed by atoms with E-state index in [-0.39, 0.29) is 6.10 Å². The fourth-order valence-electron chi connectivity index (χ4n) is 4.06. The van der Waals surface area contributed by atoms with Gasteiger partial charge in [-0.3, -0.25) is 0 Å². The van der Waals surface area contributed by atoms with E-state index in [0.717, 1.165) is 18.3 Å². The molecule has 2 fully saturated rings. The van der Waals surface area contributed by atoms with Crippen molar-refractivity contribution in [1.29, 1.82) is 0 Å². The van der Waals surface area contributed by atoms with Crippen LogP contribution in [0.5, 0.6) is 0 Å². The van der Waals surface area contributed by atoms with E-state index in [1.807, 2.05) is 0 Å². The van der Waals surface area contributed by atoms with Crippen LogP contribution in [0.15, 0.2) is 11.6 Å². The van der Waals surface area contributed by atoms with E-state index in [0.29, 0.717) is 11.3 Å². The van der Waals surface area contributed by atoms with Gasteiger partial charge in [0.05, 0.1) is 6.10 Å². The first-order valence-corrected chi connectivity index (χ1v) is 6.35. The zero-order valence-electron chi connectivity index (χ0n) is 10.5. The maximum absolute atomic E-state index is 10.1. The van der Waals surface area contributed by atoms with Crippen molar-refractivity contribution in [3.63, 3.8) is 0 Å². The maximum Gasteiger partial charge on any atom is 0.0758 e. The number of aliphatic hydroxyl groups is 1. The molecule has 1 N–H and O–H groups in total. The number of aliphatic hydroxyl groups excluding tert-OH is 1. The van der Waals surface area contributed by atoms with Gasteiger partial charge < -0.3 is 5.11 Å². The fourth-order valence-corrected chi connectivity index (χ4v) is 4.06. The molecule has 2 saturated carbocycles. The summed E-state index contributed by atoms with van der Waals surface area (Å²) in [5.74, 6) is 2.28. The predicted octanol–water partition coefficient (Wildman–Crippen LogP) is 3.39. The van der Waals surface area contributed by atoms with Crippen molar-refractivity contribution in [3.8, 4) is 0 Å². The minimum atomic E-state index is -0.169. The molecule has 2 aliphatic carbocycles. The van der Waals surface area contributed by atoms with E-state index in [4.69, 9.17) is 0 Å². The quantitative estimate of drug-likeness (QED) is 0.605. The summed E-state index contributed by atoms with van der Waals surface area (Å²) < 4.78 is 0. The Morgan fingerprint density at radius 2 is 2.07 bits per heavy atom. The van der Waals surface area contributed by atoms with Crippen LogP contribution in [0.2, 0.25) is 0 Å². The van der Waals surface area contributed by atoms with Gasteiger partial charge in [-0.25, -0.2) is 0 Å². The molecule has 0 spiro atoms. The van der Waals surface area contributed by atoms with Gasteiger partial charge in [0.25, 0.3) is 0 Å². The van der Waals surface area contributed by atoms with Gasteiger partial charge in [0, 0.05) is 0 Å². The average molecular weight is 208 g/mol. The summed E-state index contributed by atoms with van der Waals surface area (Å²) in [6.45, 7) is 9.18. The molecule has 0 aromatic carbocycles. The monoisotopic (exact) mass is 208 g/mol. The first-order valence-electron chi connectivity index (χ1n) is 6.35. The minimum absolute atomic E-state index is 0.169. The van der Waals surface area contributed by atoms with Crippen molar-refractivity contribution in [2.24, 2.45) is 23.2 Å². The van der Waals surface area contributed by atoms with Crippen LogP contribution in [-0.4, -0.2) is 11.2 Å². The van der Waals surface area contributed by atoms with Crippen molar-refractivity contribution in [3.05, 3.63) is 11.6 Å².